The first-order chi connectivity index (χ1) is 14.2. The first kappa shape index (κ1) is 22.2. The lowest BCUT2D eigenvalue weighted by Crippen LogP contribution is -2.46. The maximum absolute atomic E-state index is 14.9. The van der Waals surface area contributed by atoms with Crippen LogP contribution in [0.15, 0.2) is 59.8 Å². The van der Waals surface area contributed by atoms with Gasteiger partial charge in [-0.15, -0.1) is 4.72 Å². The number of hydrogen-bond acceptors (Lipinski definition) is 6. The molecule has 1 heterocycles. The van der Waals surface area contributed by atoms with Crippen LogP contribution < -0.4 is 10.5 Å². The molecule has 4 N–H and O–H groups in total. The second-order valence-electron chi connectivity index (χ2n) is 8.01. The van der Waals surface area contributed by atoms with E-state index in [9.17, 15) is 14.0 Å². The van der Waals surface area contributed by atoms with Gasteiger partial charge in [-0.3, -0.25) is 0 Å². The van der Waals surface area contributed by atoms with E-state index >= 15 is 0 Å². The molecule has 6 nitrogen and oxygen atoms in total. The third-order valence-electron chi connectivity index (χ3n) is 4.83. The van der Waals surface area contributed by atoms with Crippen molar-refractivity contribution in [2.24, 2.45) is 5.41 Å². The van der Waals surface area contributed by atoms with Gasteiger partial charge in [0.2, 0.25) is 5.95 Å². The van der Waals surface area contributed by atoms with Crippen LogP contribution in [-0.2, 0) is 11.4 Å². The number of rotatable bonds is 6. The van der Waals surface area contributed by atoms with E-state index in [-0.39, 0.29) is 24.0 Å². The van der Waals surface area contributed by atoms with Crippen molar-refractivity contribution in [3.05, 3.63) is 60.7 Å². The largest absolute Gasteiger partial charge is 0.593 e. The summed E-state index contributed by atoms with van der Waals surface area (Å²) in [4.78, 5) is 8.32. The molecule has 0 saturated heterocycles. The fourth-order valence-corrected chi connectivity index (χ4v) is 4.34. The fraction of sp³-hybridized carbons (Fsp3) is 0.273. The Balaban J connectivity index is 1.93. The molecule has 0 aliphatic rings. The monoisotopic (exact) mass is 428 g/mol. The van der Waals surface area contributed by atoms with Crippen LogP contribution in [-0.4, -0.2) is 32.3 Å². The number of aromatic nitrogens is 2. The number of nitrogens with one attached hydrogen (secondary N) is 1. The maximum atomic E-state index is 14.9. The van der Waals surface area contributed by atoms with Crippen LogP contribution in [0.25, 0.3) is 22.3 Å². The van der Waals surface area contributed by atoms with Crippen molar-refractivity contribution < 1.29 is 14.0 Å². The van der Waals surface area contributed by atoms with E-state index in [4.69, 9.17) is 5.73 Å². The predicted molar refractivity (Wildman–Crippen MR) is 117 cm³/mol. The molecule has 0 aliphatic carbocycles. The second kappa shape index (κ2) is 9.09. The molecule has 2 atom stereocenters. The van der Waals surface area contributed by atoms with Gasteiger partial charge in [-0.2, -0.15) is 0 Å². The molecule has 0 saturated carbocycles. The summed E-state index contributed by atoms with van der Waals surface area (Å²) in [5, 5.41) is 9.67. The van der Waals surface area contributed by atoms with Crippen molar-refractivity contribution in [1.29, 1.82) is 0 Å². The molecular formula is C22H25FN4O2S. The lowest BCUT2D eigenvalue weighted by molar-refractivity contribution is 0.177. The second-order valence-corrected chi connectivity index (χ2v) is 9.22. The average Bonchev–Trinajstić information content (AvgIpc) is 2.71. The van der Waals surface area contributed by atoms with Gasteiger partial charge in [-0.25, -0.2) is 14.4 Å². The number of benzene rings is 2. The molecule has 30 heavy (non-hydrogen) atoms. The molecule has 1 aromatic heterocycles. The minimum Gasteiger partial charge on any atom is -0.593 e. The summed E-state index contributed by atoms with van der Waals surface area (Å²) in [6.45, 7) is 5.72. The van der Waals surface area contributed by atoms with E-state index in [1.54, 1.807) is 30.3 Å². The molecule has 0 radical (unpaired) electrons. The number of nitrogens with zero attached hydrogens (tertiary/aromatic N) is 2. The summed E-state index contributed by atoms with van der Waals surface area (Å²) < 4.78 is 30.9. The molecule has 0 aliphatic heterocycles. The highest BCUT2D eigenvalue weighted by atomic mass is 32.2. The predicted octanol–water partition coefficient (Wildman–Crippen LogP) is 3.55. The molecule has 158 valence electrons. The Morgan fingerprint density at radius 3 is 2.37 bits per heavy atom. The Morgan fingerprint density at radius 2 is 1.77 bits per heavy atom. The molecule has 3 aromatic rings. The first-order valence-electron chi connectivity index (χ1n) is 9.46. The summed E-state index contributed by atoms with van der Waals surface area (Å²) >= 11 is -1.59. The summed E-state index contributed by atoms with van der Waals surface area (Å²) in [6, 6.07) is 11.5. The van der Waals surface area contributed by atoms with Gasteiger partial charge < -0.3 is 15.4 Å². The Kier molecular flexibility index (Phi) is 6.72. The normalized spacial score (nSPS) is 13.8. The van der Waals surface area contributed by atoms with Gasteiger partial charge >= 0.3 is 0 Å². The Hall–Kier alpha value is -2.52. The number of halogens is 1. The van der Waals surface area contributed by atoms with Crippen LogP contribution >= 0.6 is 0 Å². The number of nitrogens with two attached hydrogens (primary N) is 1. The van der Waals surface area contributed by atoms with Crippen molar-refractivity contribution in [3.63, 3.8) is 0 Å². The lowest BCUT2D eigenvalue weighted by atomic mass is 9.88. The number of anilines is 1. The number of aliphatic hydroxyl groups is 1. The fourth-order valence-electron chi connectivity index (χ4n) is 2.94. The number of hydrogen-bond donors (Lipinski definition) is 3. The van der Waals surface area contributed by atoms with Gasteiger partial charge in [0.05, 0.1) is 24.0 Å². The van der Waals surface area contributed by atoms with E-state index in [0.717, 1.165) is 0 Å². The van der Waals surface area contributed by atoms with Crippen LogP contribution in [0.2, 0.25) is 0 Å². The van der Waals surface area contributed by atoms with E-state index in [1.807, 2.05) is 26.8 Å². The third-order valence-corrected chi connectivity index (χ3v) is 6.08. The van der Waals surface area contributed by atoms with Crippen LogP contribution in [0, 0.1) is 11.2 Å². The van der Waals surface area contributed by atoms with Crippen molar-refractivity contribution >= 4 is 17.3 Å². The Labute approximate surface area is 178 Å². The van der Waals surface area contributed by atoms with Gasteiger partial charge in [0.25, 0.3) is 0 Å². The average molecular weight is 429 g/mol. The van der Waals surface area contributed by atoms with E-state index in [0.29, 0.717) is 27.1 Å². The van der Waals surface area contributed by atoms with Crippen LogP contribution in [0.4, 0.5) is 10.3 Å². The SMILES string of the molecule is CC(C)(C)C(CO)N[S+]([O-])c1ccccc1-c1ccc(-c2cnc(N)nc2)c(F)c1. The topological polar surface area (TPSA) is 107 Å². The van der Waals surface area contributed by atoms with E-state index in [2.05, 4.69) is 14.7 Å². The molecule has 8 heteroatoms. The van der Waals surface area contributed by atoms with Crippen molar-refractivity contribution in [1.82, 2.24) is 14.7 Å². The smallest absolute Gasteiger partial charge is 0.219 e. The first-order valence-corrected chi connectivity index (χ1v) is 10.6. The van der Waals surface area contributed by atoms with Gasteiger partial charge in [0.1, 0.15) is 5.82 Å². The van der Waals surface area contributed by atoms with Gasteiger partial charge in [0.15, 0.2) is 4.90 Å². The van der Waals surface area contributed by atoms with Gasteiger partial charge in [-0.1, -0.05) is 45.0 Å². The standard InChI is InChI=1S/C22H25FN4O2S/c1-22(2,3)20(13-28)27-30(29)19-7-5-4-6-17(19)14-8-9-16(18(23)10-14)15-11-25-21(24)26-12-15/h4-12,20,27-28H,13H2,1-3H3,(H2,24,25,26). The zero-order valence-corrected chi connectivity index (χ0v) is 17.9. The third kappa shape index (κ3) is 4.96. The van der Waals surface area contributed by atoms with Gasteiger partial charge in [0, 0.05) is 29.1 Å². The maximum Gasteiger partial charge on any atom is 0.219 e. The van der Waals surface area contributed by atoms with Gasteiger partial charge in [-0.05, 0) is 29.2 Å². The molecule has 2 aromatic carbocycles. The molecule has 0 bridgehead atoms. The molecular weight excluding hydrogens is 403 g/mol. The summed E-state index contributed by atoms with van der Waals surface area (Å²) in [7, 11) is 0. The minimum absolute atomic E-state index is 0.121. The van der Waals surface area contributed by atoms with Crippen molar-refractivity contribution in [2.45, 2.75) is 31.7 Å². The van der Waals surface area contributed by atoms with Crippen molar-refractivity contribution in [2.75, 3.05) is 12.3 Å². The highest BCUT2D eigenvalue weighted by Crippen LogP contribution is 2.32. The summed E-state index contributed by atoms with van der Waals surface area (Å²) in [5.74, 6) is -0.325. The van der Waals surface area contributed by atoms with Crippen LogP contribution in [0.3, 0.4) is 0 Å². The highest BCUT2D eigenvalue weighted by Gasteiger charge is 2.30. The Bertz CT molecular complexity index is 1010. The number of nitrogen functional groups attached to an aromatic ring is 1. The molecule has 0 amide bonds. The minimum atomic E-state index is -1.59. The summed E-state index contributed by atoms with van der Waals surface area (Å²) in [5.41, 5.74) is 7.31. The zero-order chi connectivity index (χ0) is 21.9. The molecule has 0 fully saturated rings. The number of aliphatic hydroxyl groups excluding tert-OH is 1. The van der Waals surface area contributed by atoms with Crippen molar-refractivity contribution in [3.8, 4) is 22.3 Å². The lowest BCUT2D eigenvalue weighted by Gasteiger charge is -2.29. The molecule has 0 spiro atoms. The Morgan fingerprint density at radius 1 is 1.10 bits per heavy atom. The molecule has 2 unspecified atom stereocenters. The quantitative estimate of drug-likeness (QED) is 0.518. The summed E-state index contributed by atoms with van der Waals surface area (Å²) in [6.07, 6.45) is 2.93. The van der Waals surface area contributed by atoms with Crippen LogP contribution in [0.1, 0.15) is 20.8 Å². The van der Waals surface area contributed by atoms with Crippen LogP contribution in [0.5, 0.6) is 0 Å². The molecule has 3 rings (SSSR count). The van der Waals surface area contributed by atoms with E-state index in [1.165, 1.54) is 18.5 Å². The van der Waals surface area contributed by atoms with E-state index < -0.39 is 17.2 Å². The highest BCUT2D eigenvalue weighted by molar-refractivity contribution is 7.89. The zero-order valence-electron chi connectivity index (χ0n) is 17.1.